The molecule has 0 atom stereocenters. The number of halogens is 2. The van der Waals surface area contributed by atoms with Crippen molar-refractivity contribution in [3.63, 3.8) is 0 Å². The Kier molecular flexibility index (Phi) is 4.36. The van der Waals surface area contributed by atoms with E-state index in [-0.39, 0.29) is 11.7 Å². The van der Waals surface area contributed by atoms with Crippen molar-refractivity contribution in [3.8, 4) is 0 Å². The first kappa shape index (κ1) is 13.8. The van der Waals surface area contributed by atoms with E-state index in [1.54, 1.807) is 0 Å². The van der Waals surface area contributed by atoms with Crippen LogP contribution in [0.25, 0.3) is 11.0 Å². The largest absolute Gasteiger partial charge is 0.355 e. The fourth-order valence-electron chi connectivity index (χ4n) is 1.50. The molecule has 0 spiro atoms. The van der Waals surface area contributed by atoms with Gasteiger partial charge in [-0.1, -0.05) is 18.7 Å². The first-order chi connectivity index (χ1) is 9.10. The Morgan fingerprint density at radius 3 is 2.89 bits per heavy atom. The zero-order chi connectivity index (χ0) is 13.8. The van der Waals surface area contributed by atoms with Crippen LogP contribution in [0.4, 0.5) is 8.78 Å². The highest BCUT2D eigenvalue weighted by Crippen LogP contribution is 2.21. The summed E-state index contributed by atoms with van der Waals surface area (Å²) in [4.78, 5) is 18.3. The summed E-state index contributed by atoms with van der Waals surface area (Å²) in [7, 11) is 0. The van der Waals surface area contributed by atoms with Crippen LogP contribution >= 0.6 is 11.8 Å². The molecule has 102 valence electrons. The average molecular weight is 285 g/mol. The van der Waals surface area contributed by atoms with Crippen LogP contribution in [0.5, 0.6) is 0 Å². The zero-order valence-corrected chi connectivity index (χ0v) is 11.1. The van der Waals surface area contributed by atoms with Gasteiger partial charge in [-0.2, -0.15) is 0 Å². The summed E-state index contributed by atoms with van der Waals surface area (Å²) in [5.74, 6) is -1.74. The second kappa shape index (κ2) is 6.01. The standard InChI is InChI=1S/C12H13F2N3OS/c1-2-3-15-11(18)6-19-12-16-9-4-7(13)8(14)5-10(9)17-12/h4-5H,2-3,6H2,1H3,(H,15,18)(H,16,17). The molecule has 0 saturated carbocycles. The maximum atomic E-state index is 13.0. The van der Waals surface area contributed by atoms with Crippen molar-refractivity contribution in [1.82, 2.24) is 15.3 Å². The normalized spacial score (nSPS) is 10.9. The number of nitrogens with one attached hydrogen (secondary N) is 2. The molecule has 0 aliphatic heterocycles. The Hall–Kier alpha value is -1.63. The van der Waals surface area contributed by atoms with E-state index in [1.807, 2.05) is 6.92 Å². The highest BCUT2D eigenvalue weighted by atomic mass is 32.2. The van der Waals surface area contributed by atoms with E-state index in [4.69, 9.17) is 0 Å². The number of benzene rings is 1. The van der Waals surface area contributed by atoms with E-state index in [1.165, 1.54) is 11.8 Å². The summed E-state index contributed by atoms with van der Waals surface area (Å²) < 4.78 is 26.0. The lowest BCUT2D eigenvalue weighted by atomic mass is 10.3. The molecule has 0 aliphatic carbocycles. The van der Waals surface area contributed by atoms with Crippen LogP contribution in [0.1, 0.15) is 13.3 Å². The first-order valence-corrected chi connectivity index (χ1v) is 6.83. The van der Waals surface area contributed by atoms with Gasteiger partial charge in [0.1, 0.15) is 0 Å². The van der Waals surface area contributed by atoms with Crippen molar-refractivity contribution in [3.05, 3.63) is 23.8 Å². The Balaban J connectivity index is 2.03. The van der Waals surface area contributed by atoms with Gasteiger partial charge in [-0.3, -0.25) is 4.79 Å². The van der Waals surface area contributed by atoms with Gasteiger partial charge >= 0.3 is 0 Å². The van der Waals surface area contributed by atoms with E-state index >= 15 is 0 Å². The van der Waals surface area contributed by atoms with Crippen LogP contribution in [0.3, 0.4) is 0 Å². The Bertz CT molecular complexity index is 561. The van der Waals surface area contributed by atoms with E-state index < -0.39 is 11.6 Å². The molecule has 2 rings (SSSR count). The van der Waals surface area contributed by atoms with Crippen molar-refractivity contribution in [2.24, 2.45) is 0 Å². The van der Waals surface area contributed by atoms with Gasteiger partial charge in [-0.25, -0.2) is 13.8 Å². The number of rotatable bonds is 5. The number of nitrogens with zero attached hydrogens (tertiary/aromatic N) is 1. The monoisotopic (exact) mass is 285 g/mol. The summed E-state index contributed by atoms with van der Waals surface area (Å²) in [5.41, 5.74) is 0.755. The molecule has 19 heavy (non-hydrogen) atoms. The summed E-state index contributed by atoms with van der Waals surface area (Å²) in [6.07, 6.45) is 0.875. The minimum Gasteiger partial charge on any atom is -0.355 e. The summed E-state index contributed by atoms with van der Waals surface area (Å²) in [6.45, 7) is 2.60. The number of aromatic amines is 1. The van der Waals surface area contributed by atoms with E-state index in [2.05, 4.69) is 15.3 Å². The van der Waals surface area contributed by atoms with Crippen LogP contribution < -0.4 is 5.32 Å². The third kappa shape index (κ3) is 3.44. The van der Waals surface area contributed by atoms with Gasteiger partial charge in [0.05, 0.1) is 16.8 Å². The highest BCUT2D eigenvalue weighted by molar-refractivity contribution is 7.99. The Labute approximate surface area is 113 Å². The molecule has 1 amide bonds. The average Bonchev–Trinajstić information content (AvgIpc) is 2.76. The number of carbonyl (C=O) groups is 1. The molecule has 0 fully saturated rings. The maximum absolute atomic E-state index is 13.0. The SMILES string of the molecule is CCCNC(=O)CSc1nc2cc(F)c(F)cc2[nH]1. The topological polar surface area (TPSA) is 57.8 Å². The zero-order valence-electron chi connectivity index (χ0n) is 10.3. The number of fused-ring (bicyclic) bond motifs is 1. The van der Waals surface area contributed by atoms with Gasteiger partial charge in [-0.05, 0) is 6.42 Å². The second-order valence-corrected chi connectivity index (χ2v) is 4.93. The molecule has 1 aromatic heterocycles. The molecule has 0 unspecified atom stereocenters. The predicted molar refractivity (Wildman–Crippen MR) is 70.0 cm³/mol. The predicted octanol–water partition coefficient (Wildman–Crippen LogP) is 2.46. The lowest BCUT2D eigenvalue weighted by Crippen LogP contribution is -2.25. The van der Waals surface area contributed by atoms with Gasteiger partial charge in [0, 0.05) is 18.7 Å². The molecule has 4 nitrogen and oxygen atoms in total. The first-order valence-electron chi connectivity index (χ1n) is 5.84. The smallest absolute Gasteiger partial charge is 0.230 e. The minimum atomic E-state index is -0.934. The minimum absolute atomic E-state index is 0.0929. The number of carbonyl (C=O) groups excluding carboxylic acids is 1. The second-order valence-electron chi connectivity index (χ2n) is 3.96. The Morgan fingerprint density at radius 1 is 1.42 bits per heavy atom. The van der Waals surface area contributed by atoms with Gasteiger partial charge in [0.25, 0.3) is 0 Å². The number of imidazole rings is 1. The molecule has 1 aromatic carbocycles. The van der Waals surface area contributed by atoms with E-state index in [0.717, 1.165) is 18.6 Å². The van der Waals surface area contributed by atoms with Crippen molar-refractivity contribution in [2.75, 3.05) is 12.3 Å². The lowest BCUT2D eigenvalue weighted by molar-refractivity contribution is -0.118. The number of H-pyrrole nitrogens is 1. The van der Waals surface area contributed by atoms with Crippen LogP contribution in [0.15, 0.2) is 17.3 Å². The van der Waals surface area contributed by atoms with E-state index in [0.29, 0.717) is 22.7 Å². The summed E-state index contributed by atoms with van der Waals surface area (Å²) in [5, 5.41) is 3.20. The third-order valence-corrected chi connectivity index (χ3v) is 3.29. The fraction of sp³-hybridized carbons (Fsp3) is 0.333. The van der Waals surface area contributed by atoms with Gasteiger partial charge in [-0.15, -0.1) is 0 Å². The summed E-state index contributed by atoms with van der Waals surface area (Å²) >= 11 is 1.19. The quantitative estimate of drug-likeness (QED) is 0.830. The van der Waals surface area contributed by atoms with Crippen molar-refractivity contribution < 1.29 is 13.6 Å². The lowest BCUT2D eigenvalue weighted by Gasteiger charge is -2.00. The highest BCUT2D eigenvalue weighted by Gasteiger charge is 2.10. The van der Waals surface area contributed by atoms with Gasteiger partial charge < -0.3 is 10.3 Å². The van der Waals surface area contributed by atoms with Crippen LogP contribution in [-0.2, 0) is 4.79 Å². The summed E-state index contributed by atoms with van der Waals surface area (Å²) in [6, 6.07) is 2.08. The Morgan fingerprint density at radius 2 is 2.16 bits per heavy atom. The maximum Gasteiger partial charge on any atom is 0.230 e. The number of hydrogen-bond acceptors (Lipinski definition) is 3. The number of hydrogen-bond donors (Lipinski definition) is 2. The number of amides is 1. The van der Waals surface area contributed by atoms with E-state index in [9.17, 15) is 13.6 Å². The van der Waals surface area contributed by atoms with Crippen molar-refractivity contribution in [2.45, 2.75) is 18.5 Å². The van der Waals surface area contributed by atoms with Gasteiger partial charge in [0.2, 0.25) is 5.91 Å². The van der Waals surface area contributed by atoms with Gasteiger partial charge in [0.15, 0.2) is 16.8 Å². The fourth-order valence-corrected chi connectivity index (χ4v) is 2.21. The number of thioether (sulfide) groups is 1. The third-order valence-electron chi connectivity index (χ3n) is 2.41. The molecule has 0 bridgehead atoms. The molecular weight excluding hydrogens is 272 g/mol. The van der Waals surface area contributed by atoms with Crippen LogP contribution in [0.2, 0.25) is 0 Å². The molecule has 7 heteroatoms. The van der Waals surface area contributed by atoms with Crippen LogP contribution in [-0.4, -0.2) is 28.2 Å². The van der Waals surface area contributed by atoms with Crippen molar-refractivity contribution in [1.29, 1.82) is 0 Å². The number of aromatic nitrogens is 2. The molecule has 2 N–H and O–H groups in total. The molecule has 0 aliphatic rings. The molecule has 0 saturated heterocycles. The molecular formula is C12H13F2N3OS. The molecule has 2 aromatic rings. The molecule has 0 radical (unpaired) electrons. The molecule has 1 heterocycles. The van der Waals surface area contributed by atoms with Crippen molar-refractivity contribution >= 4 is 28.7 Å². The van der Waals surface area contributed by atoms with Crippen LogP contribution in [0, 0.1) is 11.6 Å².